The quantitative estimate of drug-likeness (QED) is 0.543. The lowest BCUT2D eigenvalue weighted by Crippen LogP contribution is -2.54. The van der Waals surface area contributed by atoms with Gasteiger partial charge in [0.2, 0.25) is 5.95 Å². The molecule has 5 rings (SSSR count). The van der Waals surface area contributed by atoms with Crippen LogP contribution < -0.4 is 15.0 Å². The van der Waals surface area contributed by atoms with Gasteiger partial charge in [-0.05, 0) is 42.2 Å². The van der Waals surface area contributed by atoms with Crippen LogP contribution in [0.4, 0.5) is 11.8 Å². The van der Waals surface area contributed by atoms with Crippen LogP contribution in [0.1, 0.15) is 36.8 Å². The zero-order valence-electron chi connectivity index (χ0n) is 19.2. The second-order valence-corrected chi connectivity index (χ2v) is 9.09. The predicted octanol–water partition coefficient (Wildman–Crippen LogP) is 4.73. The van der Waals surface area contributed by atoms with E-state index in [1.807, 2.05) is 30.5 Å². The Morgan fingerprint density at radius 2 is 1.61 bits per heavy atom. The molecule has 6 nitrogen and oxygen atoms in total. The number of likely N-dealkylation sites (tertiary alicyclic amines) is 1. The average molecular weight is 444 g/mol. The number of anilines is 2. The minimum Gasteiger partial charge on any atom is -0.489 e. The molecule has 3 aromatic rings. The molecule has 1 aromatic heterocycles. The summed E-state index contributed by atoms with van der Waals surface area (Å²) in [6, 6.07) is 21.2. The monoisotopic (exact) mass is 443 g/mol. The van der Waals surface area contributed by atoms with Crippen LogP contribution in [-0.2, 0) is 13.2 Å². The number of hydrogen-bond donors (Lipinski definition) is 1. The highest BCUT2D eigenvalue weighted by Crippen LogP contribution is 2.21. The summed E-state index contributed by atoms with van der Waals surface area (Å²) < 4.78 is 5.90. The summed E-state index contributed by atoms with van der Waals surface area (Å²) >= 11 is 0. The van der Waals surface area contributed by atoms with Crippen molar-refractivity contribution in [3.8, 4) is 5.75 Å². The Kier molecular flexibility index (Phi) is 7.02. The van der Waals surface area contributed by atoms with Crippen molar-refractivity contribution in [1.82, 2.24) is 14.9 Å². The Balaban J connectivity index is 1.06. The number of benzene rings is 2. The Morgan fingerprint density at radius 1 is 0.848 bits per heavy atom. The summed E-state index contributed by atoms with van der Waals surface area (Å²) in [5.74, 6) is 2.72. The standard InChI is InChI=1S/C27H33N5O/c1-2-7-17-32(16-6-1)26-14-15-28-27(30-26)29-24-19-31(20-24)18-22-10-12-25(13-11-22)33-21-23-8-4-3-5-9-23/h3-5,8-15,24H,1-2,6-7,16-21H2,(H,28,29,30). The second-order valence-electron chi connectivity index (χ2n) is 9.09. The SMILES string of the molecule is c1ccc(COc2ccc(CN3CC(Nc4nccc(N5CCCCCC5)n4)C3)cc2)cc1. The highest BCUT2D eigenvalue weighted by atomic mass is 16.5. The number of rotatable bonds is 8. The van der Waals surface area contributed by atoms with Crippen LogP contribution in [-0.4, -0.2) is 47.1 Å². The topological polar surface area (TPSA) is 53.5 Å². The summed E-state index contributed by atoms with van der Waals surface area (Å²) in [7, 11) is 0. The van der Waals surface area contributed by atoms with E-state index in [9.17, 15) is 0 Å². The molecule has 2 saturated heterocycles. The normalized spacial score (nSPS) is 17.3. The molecule has 0 spiro atoms. The molecule has 2 aliphatic rings. The number of hydrogen-bond acceptors (Lipinski definition) is 6. The van der Waals surface area contributed by atoms with Crippen LogP contribution >= 0.6 is 0 Å². The van der Waals surface area contributed by atoms with Crippen LogP contribution in [0.3, 0.4) is 0 Å². The fourth-order valence-corrected chi connectivity index (χ4v) is 4.56. The molecule has 33 heavy (non-hydrogen) atoms. The van der Waals surface area contributed by atoms with Gasteiger partial charge in [0.05, 0.1) is 6.04 Å². The van der Waals surface area contributed by atoms with Gasteiger partial charge < -0.3 is 15.0 Å². The summed E-state index contributed by atoms with van der Waals surface area (Å²) in [5, 5.41) is 3.52. The van der Waals surface area contributed by atoms with Gasteiger partial charge >= 0.3 is 0 Å². The van der Waals surface area contributed by atoms with E-state index in [-0.39, 0.29) is 0 Å². The zero-order chi connectivity index (χ0) is 22.3. The van der Waals surface area contributed by atoms with Gasteiger partial charge in [-0.2, -0.15) is 4.98 Å². The van der Waals surface area contributed by atoms with Gasteiger partial charge in [-0.15, -0.1) is 0 Å². The second kappa shape index (κ2) is 10.7. The van der Waals surface area contributed by atoms with Crippen LogP contribution in [0.2, 0.25) is 0 Å². The molecule has 0 unspecified atom stereocenters. The Labute approximate surface area is 196 Å². The van der Waals surface area contributed by atoms with Gasteiger partial charge in [-0.25, -0.2) is 4.98 Å². The molecule has 0 saturated carbocycles. The zero-order valence-corrected chi connectivity index (χ0v) is 19.2. The fraction of sp³-hybridized carbons (Fsp3) is 0.407. The Morgan fingerprint density at radius 3 is 2.36 bits per heavy atom. The van der Waals surface area contributed by atoms with E-state index in [1.165, 1.54) is 36.8 Å². The van der Waals surface area contributed by atoms with Crippen molar-refractivity contribution in [2.75, 3.05) is 36.4 Å². The summed E-state index contributed by atoms with van der Waals surface area (Å²) in [5.41, 5.74) is 2.49. The molecule has 3 heterocycles. The van der Waals surface area contributed by atoms with Crippen molar-refractivity contribution in [2.45, 2.75) is 44.9 Å². The van der Waals surface area contributed by atoms with Crippen molar-refractivity contribution < 1.29 is 4.74 Å². The first-order chi connectivity index (χ1) is 16.3. The van der Waals surface area contributed by atoms with E-state index in [4.69, 9.17) is 9.72 Å². The summed E-state index contributed by atoms with van der Waals surface area (Å²) in [6.07, 6.45) is 7.05. The first-order valence-electron chi connectivity index (χ1n) is 12.1. The number of aromatic nitrogens is 2. The van der Waals surface area contributed by atoms with Gasteiger partial charge in [0.15, 0.2) is 0 Å². The molecule has 0 atom stereocenters. The van der Waals surface area contributed by atoms with Gasteiger partial charge in [0, 0.05) is 38.9 Å². The van der Waals surface area contributed by atoms with E-state index in [0.717, 1.165) is 50.2 Å². The molecule has 2 aromatic carbocycles. The fourth-order valence-electron chi connectivity index (χ4n) is 4.56. The lowest BCUT2D eigenvalue weighted by atomic mass is 10.1. The van der Waals surface area contributed by atoms with Crippen LogP contribution in [0, 0.1) is 0 Å². The van der Waals surface area contributed by atoms with Gasteiger partial charge in [0.1, 0.15) is 18.2 Å². The molecule has 172 valence electrons. The van der Waals surface area contributed by atoms with Gasteiger partial charge in [-0.3, -0.25) is 4.90 Å². The molecule has 0 radical (unpaired) electrons. The highest BCUT2D eigenvalue weighted by Gasteiger charge is 2.27. The third kappa shape index (κ3) is 6.02. The minimum atomic E-state index is 0.401. The summed E-state index contributed by atoms with van der Waals surface area (Å²) in [6.45, 7) is 5.76. The van der Waals surface area contributed by atoms with Crippen molar-refractivity contribution in [1.29, 1.82) is 0 Å². The van der Waals surface area contributed by atoms with Crippen molar-refractivity contribution in [3.63, 3.8) is 0 Å². The van der Waals surface area contributed by atoms with Gasteiger partial charge in [0.25, 0.3) is 0 Å². The van der Waals surface area contributed by atoms with Gasteiger partial charge in [-0.1, -0.05) is 55.3 Å². The third-order valence-electron chi connectivity index (χ3n) is 6.44. The first-order valence-corrected chi connectivity index (χ1v) is 12.1. The summed E-state index contributed by atoms with van der Waals surface area (Å²) in [4.78, 5) is 14.1. The molecule has 0 aliphatic carbocycles. The smallest absolute Gasteiger partial charge is 0.224 e. The molecule has 2 fully saturated rings. The third-order valence-corrected chi connectivity index (χ3v) is 6.44. The lowest BCUT2D eigenvalue weighted by molar-refractivity contribution is 0.152. The van der Waals surface area contributed by atoms with Crippen LogP contribution in [0.15, 0.2) is 66.9 Å². The maximum absolute atomic E-state index is 5.90. The number of ether oxygens (including phenoxy) is 1. The lowest BCUT2D eigenvalue weighted by Gasteiger charge is -2.39. The van der Waals surface area contributed by atoms with E-state index in [2.05, 4.69) is 56.5 Å². The molecule has 2 aliphatic heterocycles. The molecule has 1 N–H and O–H groups in total. The maximum atomic E-state index is 5.90. The molecule has 6 heteroatoms. The molecular formula is C27H33N5O. The molecule has 0 bridgehead atoms. The van der Waals surface area contributed by atoms with E-state index in [0.29, 0.717) is 12.6 Å². The highest BCUT2D eigenvalue weighted by molar-refractivity contribution is 5.43. The van der Waals surface area contributed by atoms with E-state index < -0.39 is 0 Å². The Hall–Kier alpha value is -3.12. The number of nitrogens with zero attached hydrogens (tertiary/aromatic N) is 4. The molecular weight excluding hydrogens is 410 g/mol. The van der Waals surface area contributed by atoms with Crippen molar-refractivity contribution >= 4 is 11.8 Å². The van der Waals surface area contributed by atoms with Crippen LogP contribution in [0.25, 0.3) is 0 Å². The van der Waals surface area contributed by atoms with E-state index in [1.54, 1.807) is 0 Å². The van der Waals surface area contributed by atoms with Crippen LogP contribution in [0.5, 0.6) is 5.75 Å². The largest absolute Gasteiger partial charge is 0.489 e. The molecule has 0 amide bonds. The maximum Gasteiger partial charge on any atom is 0.224 e. The first kappa shape index (κ1) is 21.7. The predicted molar refractivity (Wildman–Crippen MR) is 133 cm³/mol. The average Bonchev–Trinajstić information content (AvgIpc) is 3.13. The Bertz CT molecular complexity index is 997. The van der Waals surface area contributed by atoms with Crippen molar-refractivity contribution in [2.24, 2.45) is 0 Å². The van der Waals surface area contributed by atoms with Crippen molar-refractivity contribution in [3.05, 3.63) is 78.0 Å². The number of nitrogens with one attached hydrogen (secondary N) is 1. The van der Waals surface area contributed by atoms with E-state index >= 15 is 0 Å². The minimum absolute atomic E-state index is 0.401.